The summed E-state index contributed by atoms with van der Waals surface area (Å²) in [5, 5.41) is 8.56. The van der Waals surface area contributed by atoms with Gasteiger partial charge in [0.25, 0.3) is 0 Å². The SMILES string of the molecule is CN=C(NCCc1cccs1)NCc1nc(C)c(C)o1. The summed E-state index contributed by atoms with van der Waals surface area (Å²) in [4.78, 5) is 9.87. The van der Waals surface area contributed by atoms with E-state index in [1.165, 1.54) is 4.88 Å². The second kappa shape index (κ2) is 7.09. The molecule has 0 radical (unpaired) electrons. The molecule has 0 saturated carbocycles. The van der Waals surface area contributed by atoms with E-state index in [1.54, 1.807) is 18.4 Å². The third-order valence-electron chi connectivity index (χ3n) is 2.95. The van der Waals surface area contributed by atoms with Gasteiger partial charge >= 0.3 is 0 Å². The van der Waals surface area contributed by atoms with Crippen LogP contribution in [0.1, 0.15) is 22.2 Å². The first-order valence-electron chi connectivity index (χ1n) is 6.59. The predicted molar refractivity (Wildman–Crippen MR) is 82.2 cm³/mol. The summed E-state index contributed by atoms with van der Waals surface area (Å²) >= 11 is 1.77. The topological polar surface area (TPSA) is 62.5 Å². The molecule has 0 spiro atoms. The van der Waals surface area contributed by atoms with E-state index in [4.69, 9.17) is 4.42 Å². The predicted octanol–water partition coefficient (Wildman–Crippen LogP) is 2.26. The molecule has 2 N–H and O–H groups in total. The largest absolute Gasteiger partial charge is 0.444 e. The lowest BCUT2D eigenvalue weighted by Gasteiger charge is -2.09. The van der Waals surface area contributed by atoms with Crippen molar-refractivity contribution >= 4 is 17.3 Å². The fraction of sp³-hybridized carbons (Fsp3) is 0.429. The summed E-state index contributed by atoms with van der Waals surface area (Å²) in [6, 6.07) is 4.21. The van der Waals surface area contributed by atoms with E-state index >= 15 is 0 Å². The molecule has 2 rings (SSSR count). The van der Waals surface area contributed by atoms with Crippen molar-refractivity contribution in [1.29, 1.82) is 0 Å². The molecule has 2 aromatic rings. The zero-order valence-corrected chi connectivity index (χ0v) is 12.9. The minimum absolute atomic E-state index is 0.535. The minimum Gasteiger partial charge on any atom is -0.444 e. The Kier molecular flexibility index (Phi) is 5.17. The normalized spacial score (nSPS) is 11.7. The Morgan fingerprint density at radius 3 is 2.85 bits per heavy atom. The van der Waals surface area contributed by atoms with Crippen molar-refractivity contribution in [2.45, 2.75) is 26.8 Å². The number of hydrogen-bond acceptors (Lipinski definition) is 4. The molecule has 0 aromatic carbocycles. The molecule has 2 aromatic heterocycles. The number of oxazole rings is 1. The van der Waals surface area contributed by atoms with Crippen molar-refractivity contribution in [3.63, 3.8) is 0 Å². The van der Waals surface area contributed by atoms with Gasteiger partial charge in [-0.15, -0.1) is 11.3 Å². The van der Waals surface area contributed by atoms with Gasteiger partial charge in [0.15, 0.2) is 5.96 Å². The lowest BCUT2D eigenvalue weighted by atomic mass is 10.3. The van der Waals surface area contributed by atoms with Crippen molar-refractivity contribution < 1.29 is 4.42 Å². The maximum Gasteiger partial charge on any atom is 0.214 e. The van der Waals surface area contributed by atoms with Crippen LogP contribution >= 0.6 is 11.3 Å². The fourth-order valence-electron chi connectivity index (χ4n) is 1.75. The molecule has 108 valence electrons. The Labute approximate surface area is 123 Å². The van der Waals surface area contributed by atoms with Gasteiger partial charge in [0.1, 0.15) is 5.76 Å². The number of aryl methyl sites for hydroxylation is 2. The molecule has 6 heteroatoms. The highest BCUT2D eigenvalue weighted by molar-refractivity contribution is 7.09. The molecule has 0 aliphatic carbocycles. The van der Waals surface area contributed by atoms with Crippen LogP contribution in [0, 0.1) is 13.8 Å². The molecule has 0 saturated heterocycles. The second-order valence-electron chi connectivity index (χ2n) is 4.43. The first-order valence-corrected chi connectivity index (χ1v) is 7.47. The highest BCUT2D eigenvalue weighted by atomic mass is 32.1. The standard InChI is InChI=1S/C14H20N4OS/c1-10-11(2)19-13(18-10)9-17-14(15-3)16-7-6-12-5-4-8-20-12/h4-5,8H,6-7,9H2,1-3H3,(H2,15,16,17). The molecular formula is C14H20N4OS. The van der Waals surface area contributed by atoms with E-state index in [0.29, 0.717) is 12.4 Å². The van der Waals surface area contributed by atoms with Crippen LogP contribution < -0.4 is 10.6 Å². The van der Waals surface area contributed by atoms with Crippen LogP contribution in [0.5, 0.6) is 0 Å². The summed E-state index contributed by atoms with van der Waals surface area (Å²) < 4.78 is 5.52. The number of nitrogens with one attached hydrogen (secondary N) is 2. The van der Waals surface area contributed by atoms with Crippen LogP contribution in [0.2, 0.25) is 0 Å². The summed E-state index contributed by atoms with van der Waals surface area (Å²) in [7, 11) is 1.76. The number of nitrogens with zero attached hydrogens (tertiary/aromatic N) is 2. The zero-order valence-electron chi connectivity index (χ0n) is 12.1. The van der Waals surface area contributed by atoms with E-state index in [0.717, 1.165) is 30.4 Å². The number of aromatic nitrogens is 1. The van der Waals surface area contributed by atoms with Crippen LogP contribution in [0.25, 0.3) is 0 Å². The average Bonchev–Trinajstić information content (AvgIpc) is 3.05. The molecule has 0 amide bonds. The van der Waals surface area contributed by atoms with Gasteiger partial charge in [0.05, 0.1) is 12.2 Å². The second-order valence-corrected chi connectivity index (χ2v) is 5.46. The van der Waals surface area contributed by atoms with Crippen molar-refractivity contribution in [3.05, 3.63) is 39.7 Å². The molecule has 0 unspecified atom stereocenters. The molecule has 0 fully saturated rings. The first kappa shape index (κ1) is 14.6. The zero-order chi connectivity index (χ0) is 14.4. The lowest BCUT2D eigenvalue weighted by Crippen LogP contribution is -2.37. The maximum absolute atomic E-state index is 5.52. The van der Waals surface area contributed by atoms with Crippen LogP contribution in [0.3, 0.4) is 0 Å². The summed E-state index contributed by atoms with van der Waals surface area (Å²) in [5.41, 5.74) is 0.933. The Morgan fingerprint density at radius 1 is 1.40 bits per heavy atom. The molecule has 0 atom stereocenters. The summed E-state index contributed by atoms with van der Waals surface area (Å²) in [6.45, 7) is 5.24. The van der Waals surface area contributed by atoms with Gasteiger partial charge in [-0.2, -0.15) is 0 Å². The average molecular weight is 292 g/mol. The lowest BCUT2D eigenvalue weighted by molar-refractivity contribution is 0.464. The highest BCUT2D eigenvalue weighted by Gasteiger charge is 2.06. The quantitative estimate of drug-likeness (QED) is 0.655. The van der Waals surface area contributed by atoms with Gasteiger partial charge in [-0.25, -0.2) is 4.98 Å². The van der Waals surface area contributed by atoms with Crippen LogP contribution in [0.15, 0.2) is 26.9 Å². The highest BCUT2D eigenvalue weighted by Crippen LogP contribution is 2.08. The molecule has 0 aliphatic rings. The van der Waals surface area contributed by atoms with Gasteiger partial charge in [0, 0.05) is 18.5 Å². The van der Waals surface area contributed by atoms with Crippen molar-refractivity contribution in [3.8, 4) is 0 Å². The van der Waals surface area contributed by atoms with Gasteiger partial charge < -0.3 is 15.1 Å². The van der Waals surface area contributed by atoms with Gasteiger partial charge in [-0.3, -0.25) is 4.99 Å². The maximum atomic E-state index is 5.52. The van der Waals surface area contributed by atoms with Crippen molar-refractivity contribution in [2.24, 2.45) is 4.99 Å². The van der Waals surface area contributed by atoms with E-state index in [1.807, 2.05) is 13.8 Å². The Hall–Kier alpha value is -1.82. The Morgan fingerprint density at radius 2 is 2.25 bits per heavy atom. The van der Waals surface area contributed by atoms with Gasteiger partial charge in [0.2, 0.25) is 5.89 Å². The number of hydrogen-bond donors (Lipinski definition) is 2. The first-order chi connectivity index (χ1) is 9.69. The fourth-order valence-corrected chi connectivity index (χ4v) is 2.46. The minimum atomic E-state index is 0.535. The summed E-state index contributed by atoms with van der Waals surface area (Å²) in [6.07, 6.45) is 0.996. The van der Waals surface area contributed by atoms with E-state index in [2.05, 4.69) is 38.1 Å². The van der Waals surface area contributed by atoms with E-state index in [9.17, 15) is 0 Å². The van der Waals surface area contributed by atoms with Crippen molar-refractivity contribution in [2.75, 3.05) is 13.6 Å². The number of guanidine groups is 1. The molecule has 0 aliphatic heterocycles. The molecule has 0 bridgehead atoms. The smallest absolute Gasteiger partial charge is 0.214 e. The van der Waals surface area contributed by atoms with Crippen molar-refractivity contribution in [1.82, 2.24) is 15.6 Å². The summed E-state index contributed by atoms with van der Waals surface area (Å²) in [5.74, 6) is 2.30. The van der Waals surface area contributed by atoms with Crippen LogP contribution in [0.4, 0.5) is 0 Å². The number of aliphatic imine (C=N–C) groups is 1. The monoisotopic (exact) mass is 292 g/mol. The molecule has 5 nitrogen and oxygen atoms in total. The Balaban J connectivity index is 1.75. The molecule has 20 heavy (non-hydrogen) atoms. The molecular weight excluding hydrogens is 272 g/mol. The molecule has 2 heterocycles. The number of thiophene rings is 1. The number of rotatable bonds is 5. The third-order valence-corrected chi connectivity index (χ3v) is 3.88. The van der Waals surface area contributed by atoms with E-state index < -0.39 is 0 Å². The van der Waals surface area contributed by atoms with Crippen LogP contribution in [-0.4, -0.2) is 24.5 Å². The van der Waals surface area contributed by atoms with Crippen LogP contribution in [-0.2, 0) is 13.0 Å². The van der Waals surface area contributed by atoms with Gasteiger partial charge in [-0.05, 0) is 31.7 Å². The Bertz CT molecular complexity index is 540. The van der Waals surface area contributed by atoms with Gasteiger partial charge in [-0.1, -0.05) is 6.07 Å². The third kappa shape index (κ3) is 4.09. The van der Waals surface area contributed by atoms with E-state index in [-0.39, 0.29) is 0 Å².